The lowest BCUT2D eigenvalue weighted by Crippen LogP contribution is -2.25. The third-order valence-corrected chi connectivity index (χ3v) is 7.99. The molecule has 0 aromatic heterocycles. The smallest absolute Gasteiger partial charge is 0.311 e. The summed E-state index contributed by atoms with van der Waals surface area (Å²) in [4.78, 5) is 22.9. The fourth-order valence-corrected chi connectivity index (χ4v) is 5.42. The summed E-state index contributed by atoms with van der Waals surface area (Å²) in [5.41, 5.74) is 3.97. The zero-order chi connectivity index (χ0) is 26.7. The molecule has 5 heteroatoms. The number of ether oxygens (including phenoxy) is 2. The molecule has 3 unspecified atom stereocenters. The van der Waals surface area contributed by atoms with Gasteiger partial charge in [-0.25, -0.2) is 0 Å². The number of hydrogen-bond acceptors (Lipinski definition) is 4. The van der Waals surface area contributed by atoms with Gasteiger partial charge in [0.15, 0.2) is 0 Å². The normalized spacial score (nSPS) is 16.7. The Balaban J connectivity index is 1.82. The molecule has 5 nitrogen and oxygen atoms in total. The molecule has 1 aliphatic heterocycles. The minimum Gasteiger partial charge on any atom is -0.490 e. The van der Waals surface area contributed by atoms with E-state index in [1.807, 2.05) is 20.8 Å². The molecule has 1 aromatic carbocycles. The molecule has 3 atom stereocenters. The van der Waals surface area contributed by atoms with Crippen molar-refractivity contribution in [2.45, 2.75) is 138 Å². The van der Waals surface area contributed by atoms with E-state index in [1.54, 1.807) is 0 Å². The van der Waals surface area contributed by atoms with Crippen molar-refractivity contribution in [2.24, 2.45) is 11.8 Å². The van der Waals surface area contributed by atoms with Crippen molar-refractivity contribution >= 4 is 11.9 Å². The van der Waals surface area contributed by atoms with Crippen LogP contribution in [0.15, 0.2) is 0 Å². The predicted molar refractivity (Wildman–Crippen MR) is 146 cm³/mol. The molecule has 0 amide bonds. The number of carbonyl (C=O) groups excluding carboxylic acids is 1. The molecule has 204 valence electrons. The molecule has 1 N–H and O–H groups in total. The summed E-state index contributed by atoms with van der Waals surface area (Å²) in [5.74, 6) is 1.66. The second-order valence-electron chi connectivity index (χ2n) is 11.2. The van der Waals surface area contributed by atoms with Crippen LogP contribution in [0, 0.1) is 32.6 Å². The molecule has 0 radical (unpaired) electrons. The Morgan fingerprint density at radius 2 is 1.56 bits per heavy atom. The third-order valence-electron chi connectivity index (χ3n) is 7.99. The van der Waals surface area contributed by atoms with Crippen LogP contribution in [0.2, 0.25) is 0 Å². The first kappa shape index (κ1) is 30.2. The van der Waals surface area contributed by atoms with E-state index in [1.165, 1.54) is 57.8 Å². The van der Waals surface area contributed by atoms with Gasteiger partial charge in [0.25, 0.3) is 0 Å². The molecule has 36 heavy (non-hydrogen) atoms. The summed E-state index contributed by atoms with van der Waals surface area (Å²) in [7, 11) is 0. The largest absolute Gasteiger partial charge is 0.490 e. The monoisotopic (exact) mass is 502 g/mol. The van der Waals surface area contributed by atoms with Crippen LogP contribution in [0.5, 0.6) is 11.5 Å². The van der Waals surface area contributed by atoms with Crippen molar-refractivity contribution in [3.05, 3.63) is 22.3 Å². The molecule has 0 saturated carbocycles. The van der Waals surface area contributed by atoms with E-state index in [-0.39, 0.29) is 18.9 Å². The lowest BCUT2D eigenvalue weighted by molar-refractivity contribution is -0.142. The van der Waals surface area contributed by atoms with Gasteiger partial charge in [-0.2, -0.15) is 0 Å². The summed E-state index contributed by atoms with van der Waals surface area (Å²) in [6, 6.07) is 0. The van der Waals surface area contributed by atoms with Crippen LogP contribution in [0.25, 0.3) is 0 Å². The number of esters is 1. The zero-order valence-electron chi connectivity index (χ0n) is 23.7. The Morgan fingerprint density at radius 3 is 2.19 bits per heavy atom. The van der Waals surface area contributed by atoms with E-state index in [0.29, 0.717) is 5.75 Å². The van der Waals surface area contributed by atoms with E-state index in [0.717, 1.165) is 59.1 Å². The standard InChI is InChI=1S/C31H50O5/c1-7-8-9-12-21(2)13-10-14-22(3)15-11-16-26-17-18-27-25(6)30(23(4)24(5)31(27)35-26)36-29(34)20-19-28(32)33/h21-22,26H,7-20H2,1-6H3,(H,32,33). The van der Waals surface area contributed by atoms with E-state index in [9.17, 15) is 9.59 Å². The van der Waals surface area contributed by atoms with Crippen molar-refractivity contribution in [1.82, 2.24) is 0 Å². The van der Waals surface area contributed by atoms with Crippen molar-refractivity contribution in [2.75, 3.05) is 0 Å². The highest BCUT2D eigenvalue weighted by Gasteiger charge is 2.27. The number of unbranched alkanes of at least 4 members (excludes halogenated alkanes) is 2. The van der Waals surface area contributed by atoms with Crippen LogP contribution in [-0.2, 0) is 16.0 Å². The van der Waals surface area contributed by atoms with Gasteiger partial charge in [-0.1, -0.05) is 72.1 Å². The molecule has 0 fully saturated rings. The maximum absolute atomic E-state index is 12.2. The number of rotatable bonds is 16. The molecule has 0 saturated heterocycles. The maximum Gasteiger partial charge on any atom is 0.311 e. The minimum absolute atomic E-state index is 0.126. The van der Waals surface area contributed by atoms with Gasteiger partial charge in [0.05, 0.1) is 18.9 Å². The average Bonchev–Trinajstić information content (AvgIpc) is 2.84. The molecule has 0 aliphatic carbocycles. The molecule has 0 bridgehead atoms. The first-order valence-corrected chi connectivity index (χ1v) is 14.4. The number of carboxylic acids is 1. The number of aliphatic carboxylic acids is 1. The Kier molecular flexibility index (Phi) is 12.8. The summed E-state index contributed by atoms with van der Waals surface area (Å²) in [6.07, 6.45) is 14.8. The lowest BCUT2D eigenvalue weighted by Gasteiger charge is -2.31. The van der Waals surface area contributed by atoms with Gasteiger partial charge in [-0.15, -0.1) is 0 Å². The SMILES string of the molecule is CCCCCC(C)CCCC(C)CCCC1CCc2c(C)c(OC(=O)CCC(=O)O)c(C)c(C)c2O1. The van der Waals surface area contributed by atoms with Crippen molar-refractivity contribution in [3.63, 3.8) is 0 Å². The molecule has 0 spiro atoms. The van der Waals surface area contributed by atoms with Gasteiger partial charge >= 0.3 is 11.9 Å². The van der Waals surface area contributed by atoms with Crippen LogP contribution in [0.3, 0.4) is 0 Å². The van der Waals surface area contributed by atoms with Crippen LogP contribution in [0.1, 0.15) is 126 Å². The van der Waals surface area contributed by atoms with Gasteiger partial charge < -0.3 is 14.6 Å². The Morgan fingerprint density at radius 1 is 0.917 bits per heavy atom. The van der Waals surface area contributed by atoms with Crippen molar-refractivity contribution in [1.29, 1.82) is 0 Å². The first-order valence-electron chi connectivity index (χ1n) is 14.4. The van der Waals surface area contributed by atoms with Crippen molar-refractivity contribution < 1.29 is 24.2 Å². The van der Waals surface area contributed by atoms with E-state index in [2.05, 4.69) is 20.8 Å². The second kappa shape index (κ2) is 15.3. The van der Waals surface area contributed by atoms with Crippen LogP contribution >= 0.6 is 0 Å². The number of benzene rings is 1. The molecular formula is C31H50O5. The maximum atomic E-state index is 12.2. The van der Waals surface area contributed by atoms with E-state index >= 15 is 0 Å². The zero-order valence-corrected chi connectivity index (χ0v) is 23.7. The Hall–Kier alpha value is -2.04. The molecule has 1 aliphatic rings. The van der Waals surface area contributed by atoms with Crippen LogP contribution in [0.4, 0.5) is 0 Å². The fourth-order valence-electron chi connectivity index (χ4n) is 5.42. The summed E-state index contributed by atoms with van der Waals surface area (Å²) < 4.78 is 12.1. The summed E-state index contributed by atoms with van der Waals surface area (Å²) in [5, 5.41) is 8.82. The van der Waals surface area contributed by atoms with E-state index in [4.69, 9.17) is 14.6 Å². The highest BCUT2D eigenvalue weighted by Crippen LogP contribution is 2.42. The quantitative estimate of drug-likeness (QED) is 0.140. The van der Waals surface area contributed by atoms with Crippen LogP contribution in [-0.4, -0.2) is 23.1 Å². The minimum atomic E-state index is -0.997. The lowest BCUT2D eigenvalue weighted by atomic mass is 9.89. The Labute approximate surface area is 219 Å². The predicted octanol–water partition coefficient (Wildman–Crippen LogP) is 8.27. The second-order valence-corrected chi connectivity index (χ2v) is 11.2. The van der Waals surface area contributed by atoms with Gasteiger partial charge in [0, 0.05) is 5.56 Å². The highest BCUT2D eigenvalue weighted by atomic mass is 16.5. The van der Waals surface area contributed by atoms with Gasteiger partial charge in [-0.05, 0) is 75.0 Å². The third kappa shape index (κ3) is 9.44. The van der Waals surface area contributed by atoms with Crippen molar-refractivity contribution in [3.8, 4) is 11.5 Å². The van der Waals surface area contributed by atoms with E-state index < -0.39 is 11.9 Å². The molecule has 1 heterocycles. The summed E-state index contributed by atoms with van der Waals surface area (Å²) in [6.45, 7) is 13.0. The van der Waals surface area contributed by atoms with Crippen LogP contribution < -0.4 is 9.47 Å². The number of hydrogen-bond donors (Lipinski definition) is 1. The number of carboxylic acid groups (broad SMARTS) is 1. The van der Waals surface area contributed by atoms with Gasteiger partial charge in [0.1, 0.15) is 11.5 Å². The average molecular weight is 503 g/mol. The first-order chi connectivity index (χ1) is 17.1. The number of fused-ring (bicyclic) bond motifs is 1. The molecule has 2 rings (SSSR count). The number of carbonyl (C=O) groups is 2. The highest BCUT2D eigenvalue weighted by molar-refractivity contribution is 5.79. The summed E-state index contributed by atoms with van der Waals surface area (Å²) >= 11 is 0. The van der Waals surface area contributed by atoms with Gasteiger partial charge in [0.2, 0.25) is 0 Å². The topological polar surface area (TPSA) is 72.8 Å². The van der Waals surface area contributed by atoms with Gasteiger partial charge in [-0.3, -0.25) is 9.59 Å². The molecule has 1 aromatic rings. The molecular weight excluding hydrogens is 452 g/mol. The fraction of sp³-hybridized carbons (Fsp3) is 0.742. The Bertz CT molecular complexity index is 859.